The predicted octanol–water partition coefficient (Wildman–Crippen LogP) is 14.8. The van der Waals surface area contributed by atoms with Gasteiger partial charge in [-0.05, 0) is 0 Å². The second kappa shape index (κ2) is 38.3. The van der Waals surface area contributed by atoms with Crippen LogP contribution in [0.1, 0.15) is 213 Å². The molecule has 2 heteroatoms. The molecule has 0 rings (SSSR count). The molecule has 231 valence electrons. The summed E-state index contributed by atoms with van der Waals surface area (Å²) in [6.07, 6.45) is 45.0. The van der Waals surface area contributed by atoms with Crippen molar-refractivity contribution < 1.29 is 0 Å². The van der Waals surface area contributed by atoms with Gasteiger partial charge < -0.3 is 0 Å². The molecule has 0 amide bonds. The molecular weight excluding hydrogens is 631 g/mol. The summed E-state index contributed by atoms with van der Waals surface area (Å²) in [7, 11) is 0. The van der Waals surface area contributed by atoms with Gasteiger partial charge in [-0.3, -0.25) is 0 Å². The fraction of sp³-hybridized carbons (Fsp3) is 1.00. The molecule has 0 nitrogen and oxygen atoms in total. The van der Waals surface area contributed by atoms with Gasteiger partial charge in [0.2, 0.25) is 0 Å². The Labute approximate surface area is 262 Å². The van der Waals surface area contributed by atoms with Crippen LogP contribution < -0.4 is 0 Å². The number of hydrogen-bond acceptors (Lipinski definition) is 0. The van der Waals surface area contributed by atoms with E-state index in [4.69, 9.17) is 0 Å². The van der Waals surface area contributed by atoms with E-state index in [1.807, 2.05) is 0 Å². The molecule has 0 aromatic carbocycles. The second-order valence-electron chi connectivity index (χ2n) is 12.5. The Morgan fingerprint density at radius 1 is 0.237 bits per heavy atom. The van der Waals surface area contributed by atoms with Crippen molar-refractivity contribution in [2.45, 2.75) is 227 Å². The molecule has 0 aromatic heterocycles. The van der Waals surface area contributed by atoms with E-state index in [0.29, 0.717) is 0 Å². The van der Waals surface area contributed by atoms with Gasteiger partial charge in [0.15, 0.2) is 0 Å². The first-order chi connectivity index (χ1) is 18.3. The average Bonchev–Trinajstić information content (AvgIpc) is 2.91. The number of hydrogen-bond donors (Lipinski definition) is 0. The van der Waals surface area contributed by atoms with Crippen LogP contribution in [-0.4, -0.2) is 19.8 Å². The van der Waals surface area contributed by atoms with Crippen LogP contribution in [-0.2, 0) is 0 Å². The molecule has 0 bridgehead atoms. The van der Waals surface area contributed by atoms with Gasteiger partial charge in [0.1, 0.15) is 0 Å². The normalized spacial score (nSPS) is 11.4. The topological polar surface area (TPSA) is 0 Å². The minimum atomic E-state index is -1.09. The van der Waals surface area contributed by atoms with Gasteiger partial charge in [-0.25, -0.2) is 0 Å². The van der Waals surface area contributed by atoms with Crippen LogP contribution in [0.4, 0.5) is 0 Å². The van der Waals surface area contributed by atoms with Crippen molar-refractivity contribution in [3.63, 3.8) is 0 Å². The molecule has 0 saturated carbocycles. The average molecular weight is 708 g/mol. The number of halogens is 1. The van der Waals surface area contributed by atoms with E-state index in [0.717, 1.165) is 0 Å². The molecule has 0 heterocycles. The fourth-order valence-electron chi connectivity index (χ4n) is 5.96. The summed E-state index contributed by atoms with van der Waals surface area (Å²) in [5, 5.41) is 0. The summed E-state index contributed by atoms with van der Waals surface area (Å²) in [6, 6.07) is 0. The van der Waals surface area contributed by atoms with E-state index >= 15 is 0 Å². The van der Waals surface area contributed by atoms with Crippen LogP contribution >= 0.6 is 17.0 Å². The van der Waals surface area contributed by atoms with E-state index in [1.54, 1.807) is 51.8 Å². The van der Waals surface area contributed by atoms with E-state index in [9.17, 15) is 0 Å². The summed E-state index contributed by atoms with van der Waals surface area (Å²) >= 11 is -1.09. The van der Waals surface area contributed by atoms with Crippen LogP contribution in [0.15, 0.2) is 0 Å². The maximum absolute atomic E-state index is 2.32. The SMILES string of the molecule is Br.CCCCCCCCCCC[CH2][Sn]([CH2]CCCCCCCCCCC)[CH2]CCCCCCCCCCC. The third-order valence-corrected chi connectivity index (χ3v) is 17.7. The van der Waals surface area contributed by atoms with Crippen molar-refractivity contribution in [2.75, 3.05) is 0 Å². The molecule has 38 heavy (non-hydrogen) atoms. The van der Waals surface area contributed by atoms with Crippen molar-refractivity contribution in [1.82, 2.24) is 0 Å². The van der Waals surface area contributed by atoms with Gasteiger partial charge in [0.05, 0.1) is 0 Å². The van der Waals surface area contributed by atoms with Crippen LogP contribution in [0.25, 0.3) is 0 Å². The summed E-state index contributed by atoms with van der Waals surface area (Å²) in [6.45, 7) is 6.97. The molecule has 1 radical (unpaired) electrons. The molecular formula is C36H76BrSn. The molecule has 0 aromatic rings. The van der Waals surface area contributed by atoms with Gasteiger partial charge in [-0.1, -0.05) is 0 Å². The fourth-order valence-corrected chi connectivity index (χ4v) is 14.5. The molecule has 0 aliphatic heterocycles. The first-order valence-corrected chi connectivity index (χ1v) is 24.2. The zero-order valence-corrected chi connectivity index (χ0v) is 31.8. The van der Waals surface area contributed by atoms with Gasteiger partial charge >= 0.3 is 246 Å². The molecule has 0 N–H and O–H groups in total. The van der Waals surface area contributed by atoms with E-state index < -0.39 is 19.8 Å². The summed E-state index contributed by atoms with van der Waals surface area (Å²) in [4.78, 5) is 0. The molecule has 0 atom stereocenters. The third kappa shape index (κ3) is 35.3. The third-order valence-electron chi connectivity index (χ3n) is 8.65. The van der Waals surface area contributed by atoms with Crippen molar-refractivity contribution in [3.8, 4) is 0 Å². The van der Waals surface area contributed by atoms with Gasteiger partial charge in [-0.2, -0.15) is 0 Å². The molecule has 0 aliphatic carbocycles. The first kappa shape index (κ1) is 41.4. The van der Waals surface area contributed by atoms with Gasteiger partial charge in [-0.15, -0.1) is 17.0 Å². The summed E-state index contributed by atoms with van der Waals surface area (Å²) in [5.74, 6) is 0. The predicted molar refractivity (Wildman–Crippen MR) is 186 cm³/mol. The van der Waals surface area contributed by atoms with Gasteiger partial charge in [0, 0.05) is 0 Å². The zero-order valence-electron chi connectivity index (χ0n) is 27.2. The Kier molecular flexibility index (Phi) is 41.7. The zero-order chi connectivity index (χ0) is 26.9. The van der Waals surface area contributed by atoms with Crippen LogP contribution in [0.3, 0.4) is 0 Å². The Morgan fingerprint density at radius 2 is 0.395 bits per heavy atom. The van der Waals surface area contributed by atoms with E-state index in [1.165, 1.54) is 154 Å². The number of rotatable bonds is 33. The standard InChI is InChI=1S/3C12H25.BrH.Sn/c3*1-3-5-7-9-11-12-10-8-6-4-2;;/h3*1,3-12H2,2H3;1H;. The molecule has 0 fully saturated rings. The Bertz CT molecular complexity index is 328. The van der Waals surface area contributed by atoms with Crippen molar-refractivity contribution in [2.24, 2.45) is 0 Å². The molecule has 0 saturated heterocycles. The van der Waals surface area contributed by atoms with Crippen LogP contribution in [0.5, 0.6) is 0 Å². The van der Waals surface area contributed by atoms with Gasteiger partial charge in [0.25, 0.3) is 0 Å². The molecule has 0 aliphatic rings. The monoisotopic (exact) mass is 707 g/mol. The van der Waals surface area contributed by atoms with E-state index in [-0.39, 0.29) is 17.0 Å². The van der Waals surface area contributed by atoms with Crippen LogP contribution in [0.2, 0.25) is 13.3 Å². The Hall–Kier alpha value is 1.28. The van der Waals surface area contributed by atoms with Crippen LogP contribution in [0, 0.1) is 0 Å². The minimum absolute atomic E-state index is 0. The number of unbranched alkanes of at least 4 members (excludes halogenated alkanes) is 27. The first-order valence-electron chi connectivity index (χ1n) is 18.2. The Balaban J connectivity index is 0. The quantitative estimate of drug-likeness (QED) is 0.0471. The maximum atomic E-state index is 2.32. The summed E-state index contributed by atoms with van der Waals surface area (Å²) < 4.78 is 5.19. The Morgan fingerprint density at radius 3 is 0.579 bits per heavy atom. The van der Waals surface area contributed by atoms with Crippen molar-refractivity contribution >= 4 is 36.7 Å². The van der Waals surface area contributed by atoms with E-state index in [2.05, 4.69) is 20.8 Å². The molecule has 0 unspecified atom stereocenters. The van der Waals surface area contributed by atoms with Crippen molar-refractivity contribution in [3.05, 3.63) is 0 Å². The van der Waals surface area contributed by atoms with Crippen molar-refractivity contribution in [1.29, 1.82) is 0 Å². The molecule has 0 spiro atoms. The summed E-state index contributed by atoms with van der Waals surface area (Å²) in [5.41, 5.74) is 0. The second-order valence-corrected chi connectivity index (χ2v) is 21.1.